The van der Waals surface area contributed by atoms with Crippen molar-refractivity contribution in [3.63, 3.8) is 0 Å². The van der Waals surface area contributed by atoms with E-state index in [1.807, 2.05) is 72.8 Å². The summed E-state index contributed by atoms with van der Waals surface area (Å²) in [6.45, 7) is 14.3. The summed E-state index contributed by atoms with van der Waals surface area (Å²) in [5, 5.41) is 38.4. The van der Waals surface area contributed by atoms with Crippen molar-refractivity contribution in [2.24, 2.45) is 23.7 Å². The number of phenols is 2. The van der Waals surface area contributed by atoms with Crippen LogP contribution in [0, 0.1) is 23.7 Å². The number of halogens is 1. The van der Waals surface area contributed by atoms with E-state index in [4.69, 9.17) is 9.84 Å². The minimum atomic E-state index is -0.958. The number of aliphatic hydroxyl groups excluding tert-OH is 1. The Morgan fingerprint density at radius 1 is 0.695 bits per heavy atom. The summed E-state index contributed by atoms with van der Waals surface area (Å²) in [5.41, 5.74) is 4.62. The molecule has 0 amide bonds. The standard InChI is InChI=1S/C24H31NO3.C23H29NO3.CH4O.ClH.H2O/c1-18-16-25(13-12-24(18,2)21-10-7-11-22(26)15-21)17-20(23(27)28-3)14-19-8-5-4-6-9-19;1-17-15-24(12-11-23(17,2)20-9-6-10-21(25)14-20)16-19(22(26)27)13-18-7-4-3-5-8-18;1-2;;/h4-11,15,18,20,26H,12-14,16-17H2,1-3H3;3-10,14,17,19,25H,11-13,15-16H2,1-2H3,(H,26,27);2H,1H3;1H;1H2/t18-,20-,24+;17-,19-,23+;;;/m00.../s1. The lowest BCUT2D eigenvalue weighted by molar-refractivity contribution is -0.913. The number of nitrogens with one attached hydrogen (secondary N) is 2. The van der Waals surface area contributed by atoms with Crippen LogP contribution in [0.15, 0.2) is 109 Å². The van der Waals surface area contributed by atoms with Crippen molar-refractivity contribution < 1.29 is 62.4 Å². The second kappa shape index (κ2) is 24.0. The molecular formula is C48H67ClN2O8. The molecule has 2 heterocycles. The van der Waals surface area contributed by atoms with Gasteiger partial charge in [-0.3, -0.25) is 4.79 Å². The topological polar surface area (TPSA) is 168 Å². The number of methoxy groups -OCH3 is 1. The first kappa shape index (κ1) is 50.7. The maximum absolute atomic E-state index is 12.4. The number of carbonyl (C=O) groups excluding carboxylic acids is 2. The third-order valence-corrected chi connectivity index (χ3v) is 13.0. The largest absolute Gasteiger partial charge is 1.00 e. The van der Waals surface area contributed by atoms with Crippen LogP contribution in [0.25, 0.3) is 0 Å². The molecule has 2 aliphatic rings. The molecule has 2 unspecified atom stereocenters. The SMILES string of the molecule is CO.COC(=O)[C@@H](Cc1ccccc1)C[NH+]1CC[C@@](C)(c2cccc(O)c2)[C@@H](C)C1.C[C@H]1C[NH+](C[C@H](Cc2ccccc2)C(=O)[O-])CC[C@@]1(C)c1cccc(O)c1.O.[Cl-]. The van der Waals surface area contributed by atoms with E-state index in [0.29, 0.717) is 36.3 Å². The fourth-order valence-corrected chi connectivity index (χ4v) is 8.98. The van der Waals surface area contributed by atoms with E-state index in [1.165, 1.54) is 28.0 Å². The maximum atomic E-state index is 12.4. The van der Waals surface area contributed by atoms with Crippen molar-refractivity contribution in [1.82, 2.24) is 0 Å². The highest BCUT2D eigenvalue weighted by molar-refractivity contribution is 5.72. The Labute approximate surface area is 357 Å². The number of piperidine rings is 2. The molecule has 2 fully saturated rings. The smallest absolute Gasteiger partial charge is 0.314 e. The minimum absolute atomic E-state index is 0. The summed E-state index contributed by atoms with van der Waals surface area (Å²) in [6.07, 6.45) is 3.24. The maximum Gasteiger partial charge on any atom is 0.314 e. The minimum Gasteiger partial charge on any atom is -1.00 e. The highest BCUT2D eigenvalue weighted by Gasteiger charge is 2.42. The van der Waals surface area contributed by atoms with Crippen LogP contribution in [0.5, 0.6) is 11.5 Å². The van der Waals surface area contributed by atoms with Gasteiger partial charge in [-0.25, -0.2) is 0 Å². The highest BCUT2D eigenvalue weighted by Crippen LogP contribution is 2.38. The quantitative estimate of drug-likeness (QED) is 0.121. The van der Waals surface area contributed by atoms with Gasteiger partial charge in [0.2, 0.25) is 0 Å². The fraction of sp³-hybridized carbons (Fsp3) is 0.458. The summed E-state index contributed by atoms with van der Waals surface area (Å²) >= 11 is 0. The van der Waals surface area contributed by atoms with E-state index in [9.17, 15) is 24.9 Å². The van der Waals surface area contributed by atoms with Gasteiger partial charge in [0.05, 0.1) is 58.3 Å². The van der Waals surface area contributed by atoms with Gasteiger partial charge in [0.1, 0.15) is 17.4 Å². The molecule has 0 radical (unpaired) electrons. The van der Waals surface area contributed by atoms with Gasteiger partial charge in [-0.15, -0.1) is 0 Å². The Balaban J connectivity index is 0.000000378. The molecule has 11 heteroatoms. The third-order valence-electron chi connectivity index (χ3n) is 13.0. The summed E-state index contributed by atoms with van der Waals surface area (Å²) in [5.74, 6) is -0.203. The molecule has 10 nitrogen and oxygen atoms in total. The molecule has 4 aromatic carbocycles. The molecule has 8 atom stereocenters. The summed E-state index contributed by atoms with van der Waals surface area (Å²) in [7, 11) is 2.48. The molecule has 6 rings (SSSR count). The van der Waals surface area contributed by atoms with E-state index in [2.05, 4.69) is 52.0 Å². The lowest BCUT2D eigenvalue weighted by Crippen LogP contribution is -3.15. The number of esters is 1. The van der Waals surface area contributed by atoms with Crippen molar-refractivity contribution >= 4 is 11.9 Å². The molecule has 0 aromatic heterocycles. The first-order valence-corrected chi connectivity index (χ1v) is 20.4. The Hall–Kier alpha value is -4.45. The summed E-state index contributed by atoms with van der Waals surface area (Å²) in [6, 6.07) is 35.2. The van der Waals surface area contributed by atoms with Crippen molar-refractivity contribution in [3.05, 3.63) is 131 Å². The molecule has 4 aromatic rings. The predicted octanol–water partition coefficient (Wildman–Crippen LogP) is -0.422. The van der Waals surface area contributed by atoms with Crippen LogP contribution >= 0.6 is 0 Å². The van der Waals surface area contributed by atoms with Gasteiger partial charge in [0.25, 0.3) is 0 Å². The number of quaternary nitrogens is 2. The molecule has 2 saturated heterocycles. The Bertz CT molecular complexity index is 1850. The number of aliphatic hydroxyl groups is 1. The van der Waals surface area contributed by atoms with Crippen molar-refractivity contribution in [3.8, 4) is 11.5 Å². The van der Waals surface area contributed by atoms with Crippen LogP contribution in [0.4, 0.5) is 0 Å². The van der Waals surface area contributed by atoms with E-state index >= 15 is 0 Å². The van der Waals surface area contributed by atoms with E-state index in [0.717, 1.165) is 70.2 Å². The molecule has 2 aliphatic heterocycles. The van der Waals surface area contributed by atoms with Crippen molar-refractivity contribution in [2.75, 3.05) is 53.5 Å². The van der Waals surface area contributed by atoms with Crippen LogP contribution in [0.1, 0.15) is 62.8 Å². The van der Waals surface area contributed by atoms with Crippen molar-refractivity contribution in [1.29, 1.82) is 0 Å². The molecular weight excluding hydrogens is 768 g/mol. The van der Waals surface area contributed by atoms with E-state index in [-0.39, 0.29) is 40.6 Å². The molecule has 7 N–H and O–H groups in total. The average Bonchev–Trinajstić information content (AvgIpc) is 3.21. The zero-order valence-electron chi connectivity index (χ0n) is 35.6. The number of carbonyl (C=O) groups is 2. The van der Waals surface area contributed by atoms with Gasteiger partial charge in [-0.1, -0.05) is 113 Å². The first-order chi connectivity index (χ1) is 27.3. The van der Waals surface area contributed by atoms with Gasteiger partial charge in [-0.05, 0) is 59.4 Å². The highest BCUT2D eigenvalue weighted by atomic mass is 35.5. The van der Waals surface area contributed by atoms with Gasteiger partial charge in [0.15, 0.2) is 0 Å². The Kier molecular flexibility index (Phi) is 20.6. The number of hydrogen-bond donors (Lipinski definition) is 5. The first-order valence-electron chi connectivity index (χ1n) is 20.4. The van der Waals surface area contributed by atoms with Gasteiger partial charge < -0.3 is 57.6 Å². The van der Waals surface area contributed by atoms with Crippen LogP contribution in [-0.2, 0) is 38.0 Å². The normalized spacial score (nSPS) is 24.5. The Morgan fingerprint density at radius 2 is 1.08 bits per heavy atom. The number of carboxylic acid groups (broad SMARTS) is 1. The zero-order valence-corrected chi connectivity index (χ0v) is 36.4. The van der Waals surface area contributed by atoms with E-state index < -0.39 is 11.9 Å². The number of carboxylic acids is 1. The van der Waals surface area contributed by atoms with Gasteiger partial charge >= 0.3 is 5.97 Å². The summed E-state index contributed by atoms with van der Waals surface area (Å²) in [4.78, 5) is 26.9. The molecule has 0 saturated carbocycles. The predicted molar refractivity (Wildman–Crippen MR) is 226 cm³/mol. The fourth-order valence-electron chi connectivity index (χ4n) is 8.98. The Morgan fingerprint density at radius 3 is 1.44 bits per heavy atom. The molecule has 0 spiro atoms. The monoisotopic (exact) mass is 834 g/mol. The summed E-state index contributed by atoms with van der Waals surface area (Å²) < 4.78 is 5.10. The third kappa shape index (κ3) is 13.8. The number of aromatic hydroxyl groups is 2. The lowest BCUT2D eigenvalue weighted by Gasteiger charge is -2.43. The molecule has 324 valence electrons. The van der Waals surface area contributed by atoms with Crippen LogP contribution in [0.3, 0.4) is 0 Å². The molecule has 59 heavy (non-hydrogen) atoms. The molecule has 0 aliphatic carbocycles. The number of phenolic OH excluding ortho intramolecular Hbond substituents is 2. The van der Waals surface area contributed by atoms with Crippen molar-refractivity contribution in [2.45, 2.75) is 64.2 Å². The lowest BCUT2D eigenvalue weighted by atomic mass is 9.68. The van der Waals surface area contributed by atoms with Gasteiger partial charge in [0, 0.05) is 42.6 Å². The van der Waals surface area contributed by atoms with Crippen LogP contribution < -0.4 is 27.3 Å². The number of aliphatic carboxylic acids is 1. The zero-order chi connectivity index (χ0) is 41.6. The number of likely N-dealkylation sites (tertiary alicyclic amines) is 2. The molecule has 0 bridgehead atoms. The number of hydrogen-bond acceptors (Lipinski definition) is 7. The number of rotatable bonds is 12. The van der Waals surface area contributed by atoms with E-state index in [1.54, 1.807) is 12.1 Å². The number of benzene rings is 4. The number of ether oxygens (including phenoxy) is 1. The van der Waals surface area contributed by atoms with Gasteiger partial charge in [-0.2, -0.15) is 0 Å². The van der Waals surface area contributed by atoms with Crippen LogP contribution in [0.2, 0.25) is 0 Å². The second-order valence-electron chi connectivity index (χ2n) is 16.7. The second-order valence-corrected chi connectivity index (χ2v) is 16.7. The average molecular weight is 836 g/mol. The van der Waals surface area contributed by atoms with Crippen LogP contribution in [-0.4, -0.2) is 86.2 Å².